The zero-order chi connectivity index (χ0) is 16.1. The summed E-state index contributed by atoms with van der Waals surface area (Å²) in [7, 11) is 0. The van der Waals surface area contributed by atoms with Crippen LogP contribution in [0.4, 0.5) is 0 Å². The normalized spacial score (nSPS) is 12.5. The van der Waals surface area contributed by atoms with Gasteiger partial charge in [0.25, 0.3) is 0 Å². The second-order valence-electron chi connectivity index (χ2n) is 5.94. The van der Waals surface area contributed by atoms with E-state index in [1.54, 1.807) is 6.07 Å². The van der Waals surface area contributed by atoms with Crippen molar-refractivity contribution in [1.29, 1.82) is 0 Å². The summed E-state index contributed by atoms with van der Waals surface area (Å²) in [5.41, 5.74) is 5.09. The zero-order valence-corrected chi connectivity index (χ0v) is 17.3. The van der Waals surface area contributed by atoms with Crippen molar-refractivity contribution in [2.75, 3.05) is 0 Å². The fraction of sp³-hybridized carbons (Fsp3) is 0.0476. The molecule has 2 heterocycles. The van der Waals surface area contributed by atoms with Gasteiger partial charge in [0.15, 0.2) is 0 Å². The Morgan fingerprint density at radius 3 is 2.04 bits per heavy atom. The third-order valence-corrected chi connectivity index (χ3v) is 5.53. The van der Waals surface area contributed by atoms with Crippen molar-refractivity contribution in [3.63, 3.8) is 0 Å². The summed E-state index contributed by atoms with van der Waals surface area (Å²) in [5, 5.41) is 11.8. The number of hydrogen-bond donors (Lipinski definition) is 1. The van der Waals surface area contributed by atoms with Crippen LogP contribution in [-0.4, -0.2) is 5.11 Å². The van der Waals surface area contributed by atoms with Crippen LogP contribution < -0.4 is 0 Å². The molecule has 118 valence electrons. The van der Waals surface area contributed by atoms with E-state index in [-0.39, 0.29) is 31.1 Å². The average Bonchev–Trinajstić information content (AvgIpc) is 3.31. The van der Waals surface area contributed by atoms with Crippen LogP contribution in [0, 0.1) is 0 Å². The Morgan fingerprint density at radius 1 is 0.800 bits per heavy atom. The minimum atomic E-state index is 0. The molecule has 0 amide bonds. The molecule has 0 radical (unpaired) electrons. The number of furan rings is 1. The Labute approximate surface area is 162 Å². The van der Waals surface area contributed by atoms with Crippen molar-refractivity contribution in [3.8, 4) is 27.5 Å². The summed E-state index contributed by atoms with van der Waals surface area (Å²) in [5.74, 6) is 2.01. The van der Waals surface area contributed by atoms with Crippen LogP contribution >= 0.6 is 11.3 Å². The number of fused-ring (bicyclic) bond motifs is 3. The summed E-state index contributed by atoms with van der Waals surface area (Å²) < 4.78 is 6.16. The predicted octanol–water partition coefficient (Wildman–Crippen LogP) is 5.87. The van der Waals surface area contributed by atoms with Crippen LogP contribution in [0.15, 0.2) is 76.5 Å². The van der Waals surface area contributed by atoms with Gasteiger partial charge >= 0.3 is 0 Å². The molecule has 0 saturated carbocycles. The van der Waals surface area contributed by atoms with Gasteiger partial charge in [-0.25, -0.2) is 0 Å². The number of aromatic hydroxyl groups is 1. The standard InChI is InChI=1S/C21H14O2S.Zn/c22-17-11-12-24-21(17)19-10-9-18(23-19)20-15-7-3-1-5-13(15)14-6-2-4-8-16(14)20;/h1-12,20,22H;. The Kier molecular flexibility index (Phi) is 4.11. The average molecular weight is 396 g/mol. The van der Waals surface area contributed by atoms with Crippen LogP contribution in [0.25, 0.3) is 21.8 Å². The first-order chi connectivity index (χ1) is 11.8. The predicted molar refractivity (Wildman–Crippen MR) is 96.5 cm³/mol. The van der Waals surface area contributed by atoms with Crippen LogP contribution in [0.1, 0.15) is 22.8 Å². The molecule has 0 aliphatic heterocycles. The summed E-state index contributed by atoms with van der Waals surface area (Å²) in [6.07, 6.45) is 0. The second-order valence-corrected chi connectivity index (χ2v) is 6.86. The van der Waals surface area contributed by atoms with Crippen LogP contribution in [-0.2, 0) is 19.5 Å². The maximum absolute atomic E-state index is 9.94. The number of benzene rings is 2. The number of thiophene rings is 1. The Balaban J connectivity index is 0.00000157. The van der Waals surface area contributed by atoms with Gasteiger partial charge in [0.2, 0.25) is 0 Å². The molecule has 2 aromatic heterocycles. The van der Waals surface area contributed by atoms with Gasteiger partial charge in [-0.2, -0.15) is 0 Å². The zero-order valence-electron chi connectivity index (χ0n) is 13.5. The van der Waals surface area contributed by atoms with Gasteiger partial charge in [-0.15, -0.1) is 11.3 Å². The van der Waals surface area contributed by atoms with Gasteiger partial charge in [0.1, 0.15) is 22.1 Å². The molecule has 1 N–H and O–H groups in total. The first-order valence-electron chi connectivity index (χ1n) is 7.88. The minimum absolute atomic E-state index is 0. The summed E-state index contributed by atoms with van der Waals surface area (Å²) in [6.45, 7) is 0. The van der Waals surface area contributed by atoms with E-state index in [1.807, 2.05) is 17.5 Å². The third kappa shape index (κ3) is 2.48. The van der Waals surface area contributed by atoms with E-state index >= 15 is 0 Å². The van der Waals surface area contributed by atoms with Crippen LogP contribution in [0.3, 0.4) is 0 Å². The third-order valence-electron chi connectivity index (χ3n) is 4.61. The molecule has 4 heteroatoms. The molecular formula is C21H14O2SZn. The van der Waals surface area contributed by atoms with E-state index in [2.05, 4.69) is 48.5 Å². The maximum atomic E-state index is 9.94. The van der Waals surface area contributed by atoms with E-state index in [0.29, 0.717) is 0 Å². The first-order valence-corrected chi connectivity index (χ1v) is 8.75. The summed E-state index contributed by atoms with van der Waals surface area (Å²) in [4.78, 5) is 0.779. The fourth-order valence-electron chi connectivity index (χ4n) is 3.58. The van der Waals surface area contributed by atoms with Gasteiger partial charge in [0, 0.05) is 19.5 Å². The van der Waals surface area contributed by atoms with E-state index in [9.17, 15) is 5.11 Å². The molecule has 1 aliphatic carbocycles. The van der Waals surface area contributed by atoms with Crippen molar-refractivity contribution in [1.82, 2.24) is 0 Å². The molecule has 4 aromatic rings. The second kappa shape index (κ2) is 6.29. The minimum Gasteiger partial charge on any atom is -0.506 e. The van der Waals surface area contributed by atoms with Crippen molar-refractivity contribution in [2.45, 2.75) is 5.92 Å². The molecule has 2 aromatic carbocycles. The maximum Gasteiger partial charge on any atom is 0.148 e. The molecule has 0 unspecified atom stereocenters. The molecular weight excluding hydrogens is 382 g/mol. The van der Waals surface area contributed by atoms with Crippen molar-refractivity contribution in [2.24, 2.45) is 0 Å². The largest absolute Gasteiger partial charge is 0.506 e. The molecule has 0 saturated heterocycles. The fourth-order valence-corrected chi connectivity index (χ4v) is 4.33. The summed E-state index contributed by atoms with van der Waals surface area (Å²) >= 11 is 1.49. The molecule has 0 fully saturated rings. The Hall–Kier alpha value is -2.16. The van der Waals surface area contributed by atoms with Crippen molar-refractivity contribution >= 4 is 11.3 Å². The van der Waals surface area contributed by atoms with E-state index in [1.165, 1.54) is 33.6 Å². The first kappa shape index (κ1) is 16.3. The molecule has 25 heavy (non-hydrogen) atoms. The van der Waals surface area contributed by atoms with Gasteiger partial charge in [-0.3, -0.25) is 0 Å². The molecule has 5 rings (SSSR count). The number of rotatable bonds is 2. The van der Waals surface area contributed by atoms with Gasteiger partial charge < -0.3 is 9.52 Å². The van der Waals surface area contributed by atoms with Crippen LogP contribution in [0.5, 0.6) is 5.75 Å². The Bertz CT molecular complexity index is 1000. The van der Waals surface area contributed by atoms with Crippen molar-refractivity contribution < 1.29 is 29.0 Å². The molecule has 1 aliphatic rings. The van der Waals surface area contributed by atoms with Crippen molar-refractivity contribution in [3.05, 3.63) is 89.0 Å². The molecule has 0 atom stereocenters. The van der Waals surface area contributed by atoms with Gasteiger partial charge in [-0.1, -0.05) is 48.5 Å². The van der Waals surface area contributed by atoms with E-state index < -0.39 is 0 Å². The van der Waals surface area contributed by atoms with Gasteiger partial charge in [-0.05, 0) is 45.8 Å². The topological polar surface area (TPSA) is 33.4 Å². The van der Waals surface area contributed by atoms with E-state index in [0.717, 1.165) is 16.4 Å². The van der Waals surface area contributed by atoms with E-state index in [4.69, 9.17) is 4.42 Å². The molecule has 0 spiro atoms. The van der Waals surface area contributed by atoms with Gasteiger partial charge in [0.05, 0.1) is 5.92 Å². The molecule has 2 nitrogen and oxygen atoms in total. The smallest absolute Gasteiger partial charge is 0.148 e. The Morgan fingerprint density at radius 2 is 1.44 bits per heavy atom. The molecule has 0 bridgehead atoms. The number of hydrogen-bond acceptors (Lipinski definition) is 3. The SMILES string of the molecule is Oc1ccsc1-c1ccc(C2c3ccccc3-c3ccccc32)o1.[Zn]. The summed E-state index contributed by atoms with van der Waals surface area (Å²) in [6, 6.07) is 22.7. The monoisotopic (exact) mass is 394 g/mol. The quantitative estimate of drug-likeness (QED) is 0.379. The van der Waals surface area contributed by atoms with Crippen LogP contribution in [0.2, 0.25) is 0 Å².